The van der Waals surface area contributed by atoms with Gasteiger partial charge in [0.25, 0.3) is 6.43 Å². The Hall–Kier alpha value is -2.96. The fourth-order valence-corrected chi connectivity index (χ4v) is 3.58. The van der Waals surface area contributed by atoms with E-state index < -0.39 is 12.5 Å². The van der Waals surface area contributed by atoms with Crippen molar-refractivity contribution in [2.45, 2.75) is 12.5 Å². The molecule has 4 rings (SSSR count). The third kappa shape index (κ3) is 4.96. The molecule has 0 radical (unpaired) electrons. The molecule has 0 amide bonds. The van der Waals surface area contributed by atoms with Crippen LogP contribution in [-0.4, -0.2) is 37.5 Å². The van der Waals surface area contributed by atoms with Crippen LogP contribution in [-0.2, 0) is 0 Å². The number of para-hydroxylation sites is 2. The van der Waals surface area contributed by atoms with E-state index in [0.717, 1.165) is 0 Å². The summed E-state index contributed by atoms with van der Waals surface area (Å²) in [6.07, 6.45) is -2.51. The Morgan fingerprint density at radius 1 is 0.733 bits per heavy atom. The summed E-state index contributed by atoms with van der Waals surface area (Å²) in [5.74, 6) is 2.14. The molecule has 1 fully saturated rings. The average Bonchev–Trinajstić information content (AvgIpc) is 2.77. The first-order valence-electron chi connectivity index (χ1n) is 10.0. The normalized spacial score (nSPS) is 15.7. The number of piperazine rings is 1. The van der Waals surface area contributed by atoms with Crippen molar-refractivity contribution in [3.05, 3.63) is 84.4 Å². The van der Waals surface area contributed by atoms with E-state index in [-0.39, 0.29) is 0 Å². The fraction of sp³-hybridized carbons (Fsp3) is 0.250. The van der Waals surface area contributed by atoms with E-state index in [1.165, 1.54) is 0 Å². The van der Waals surface area contributed by atoms with Crippen molar-refractivity contribution in [2.24, 2.45) is 0 Å². The maximum absolute atomic E-state index is 14.0. The number of ether oxygens (including phenoxy) is 2. The lowest BCUT2D eigenvalue weighted by molar-refractivity contribution is 0.0181. The van der Waals surface area contributed by atoms with Crippen LogP contribution in [0.4, 0.5) is 8.78 Å². The Labute approximate surface area is 175 Å². The molecule has 1 aliphatic rings. The SMILES string of the molecule is FC(F)[C@@H](c1ccc(Oc2ccccc2)c(Oc2ccccc2)c1)N1CCNCC1. The van der Waals surface area contributed by atoms with Crippen LogP contribution in [0.1, 0.15) is 11.6 Å². The quantitative estimate of drug-likeness (QED) is 0.559. The van der Waals surface area contributed by atoms with Gasteiger partial charge in [0.05, 0.1) is 6.04 Å². The molecule has 3 aromatic rings. The molecule has 30 heavy (non-hydrogen) atoms. The van der Waals surface area contributed by atoms with E-state index in [0.29, 0.717) is 54.7 Å². The summed E-state index contributed by atoms with van der Waals surface area (Å²) in [5.41, 5.74) is 0.512. The van der Waals surface area contributed by atoms with Crippen LogP contribution < -0.4 is 14.8 Å². The van der Waals surface area contributed by atoms with Crippen molar-refractivity contribution >= 4 is 0 Å². The Morgan fingerprint density at radius 3 is 1.87 bits per heavy atom. The Balaban J connectivity index is 1.68. The van der Waals surface area contributed by atoms with Gasteiger partial charge in [0.15, 0.2) is 11.5 Å². The molecule has 6 heteroatoms. The minimum Gasteiger partial charge on any atom is -0.453 e. The predicted octanol–water partition coefficient (Wildman–Crippen LogP) is 5.48. The molecule has 1 saturated heterocycles. The van der Waals surface area contributed by atoms with Gasteiger partial charge in [0.1, 0.15) is 11.5 Å². The minimum absolute atomic E-state index is 0.406. The third-order valence-electron chi connectivity index (χ3n) is 5.03. The van der Waals surface area contributed by atoms with Crippen molar-refractivity contribution in [3.8, 4) is 23.0 Å². The fourth-order valence-electron chi connectivity index (χ4n) is 3.58. The first-order chi connectivity index (χ1) is 14.7. The summed E-state index contributed by atoms with van der Waals surface area (Å²) in [6, 6.07) is 22.7. The molecule has 0 bridgehead atoms. The van der Waals surface area contributed by atoms with Crippen LogP contribution in [0.5, 0.6) is 23.0 Å². The molecule has 0 spiro atoms. The van der Waals surface area contributed by atoms with E-state index in [1.807, 2.05) is 65.6 Å². The second-order valence-electron chi connectivity index (χ2n) is 7.10. The predicted molar refractivity (Wildman–Crippen MR) is 113 cm³/mol. The molecular weight excluding hydrogens is 386 g/mol. The highest BCUT2D eigenvalue weighted by Crippen LogP contribution is 2.39. The molecule has 0 saturated carbocycles. The van der Waals surface area contributed by atoms with Gasteiger partial charge in [-0.15, -0.1) is 0 Å². The number of rotatable bonds is 7. The molecular formula is C24H24F2N2O2. The highest BCUT2D eigenvalue weighted by atomic mass is 19.3. The number of nitrogens with one attached hydrogen (secondary N) is 1. The van der Waals surface area contributed by atoms with Gasteiger partial charge in [0.2, 0.25) is 0 Å². The summed E-state index contributed by atoms with van der Waals surface area (Å²) >= 11 is 0. The molecule has 4 nitrogen and oxygen atoms in total. The number of hydrogen-bond acceptors (Lipinski definition) is 4. The number of hydrogen-bond donors (Lipinski definition) is 1. The zero-order valence-electron chi connectivity index (χ0n) is 16.5. The van der Waals surface area contributed by atoms with Gasteiger partial charge in [-0.1, -0.05) is 42.5 Å². The lowest BCUT2D eigenvalue weighted by Gasteiger charge is -2.34. The molecule has 0 aromatic heterocycles. The van der Waals surface area contributed by atoms with Crippen LogP contribution in [0.15, 0.2) is 78.9 Å². The number of nitrogens with zero attached hydrogens (tertiary/aromatic N) is 1. The molecule has 1 aliphatic heterocycles. The van der Waals surface area contributed by atoms with Gasteiger partial charge < -0.3 is 14.8 Å². The topological polar surface area (TPSA) is 33.7 Å². The zero-order chi connectivity index (χ0) is 20.8. The molecule has 156 valence electrons. The van der Waals surface area contributed by atoms with Gasteiger partial charge in [0, 0.05) is 26.2 Å². The summed E-state index contributed by atoms with van der Waals surface area (Å²) in [4.78, 5) is 1.82. The van der Waals surface area contributed by atoms with Crippen LogP contribution in [0, 0.1) is 0 Å². The largest absolute Gasteiger partial charge is 0.453 e. The average molecular weight is 410 g/mol. The van der Waals surface area contributed by atoms with Crippen LogP contribution in [0.3, 0.4) is 0 Å². The lowest BCUT2D eigenvalue weighted by atomic mass is 10.0. The first-order valence-corrected chi connectivity index (χ1v) is 10.0. The highest BCUT2D eigenvalue weighted by Gasteiger charge is 2.31. The van der Waals surface area contributed by atoms with E-state index in [2.05, 4.69) is 5.32 Å². The van der Waals surface area contributed by atoms with Crippen molar-refractivity contribution < 1.29 is 18.3 Å². The second kappa shape index (κ2) is 9.69. The Kier molecular flexibility index (Phi) is 6.57. The van der Waals surface area contributed by atoms with E-state index in [9.17, 15) is 8.78 Å². The smallest absolute Gasteiger partial charge is 0.258 e. The van der Waals surface area contributed by atoms with E-state index >= 15 is 0 Å². The summed E-state index contributed by atoms with van der Waals surface area (Å²) < 4.78 is 40.1. The molecule has 0 unspecified atom stereocenters. The molecule has 0 aliphatic carbocycles. The van der Waals surface area contributed by atoms with E-state index in [1.54, 1.807) is 18.2 Å². The molecule has 1 atom stereocenters. The third-order valence-corrected chi connectivity index (χ3v) is 5.03. The van der Waals surface area contributed by atoms with E-state index in [4.69, 9.17) is 9.47 Å². The van der Waals surface area contributed by atoms with Gasteiger partial charge in [-0.25, -0.2) is 8.78 Å². The maximum atomic E-state index is 14.0. The zero-order valence-corrected chi connectivity index (χ0v) is 16.5. The monoisotopic (exact) mass is 410 g/mol. The van der Waals surface area contributed by atoms with Gasteiger partial charge >= 0.3 is 0 Å². The Bertz CT molecular complexity index is 932. The van der Waals surface area contributed by atoms with Crippen LogP contribution in [0.25, 0.3) is 0 Å². The standard InChI is InChI=1S/C24H24F2N2O2/c25-24(26)23(28-15-13-27-14-16-28)18-11-12-21(29-19-7-3-1-4-8-19)22(17-18)30-20-9-5-2-6-10-20/h1-12,17,23-24,27H,13-16H2/t23-/m1/s1. The highest BCUT2D eigenvalue weighted by molar-refractivity contribution is 5.48. The summed E-state index contributed by atoms with van der Waals surface area (Å²) in [7, 11) is 0. The molecule has 1 N–H and O–H groups in total. The first kappa shape index (κ1) is 20.3. The lowest BCUT2D eigenvalue weighted by Crippen LogP contribution is -2.46. The van der Waals surface area contributed by atoms with Crippen molar-refractivity contribution in [3.63, 3.8) is 0 Å². The van der Waals surface area contributed by atoms with Crippen molar-refractivity contribution in [2.75, 3.05) is 26.2 Å². The number of halogens is 2. The number of benzene rings is 3. The van der Waals surface area contributed by atoms with Crippen LogP contribution in [0.2, 0.25) is 0 Å². The second-order valence-corrected chi connectivity index (χ2v) is 7.10. The van der Waals surface area contributed by atoms with Gasteiger partial charge in [-0.2, -0.15) is 0 Å². The summed E-state index contributed by atoms with van der Waals surface area (Å²) in [5, 5.41) is 3.21. The molecule has 3 aromatic carbocycles. The van der Waals surface area contributed by atoms with Crippen molar-refractivity contribution in [1.29, 1.82) is 0 Å². The maximum Gasteiger partial charge on any atom is 0.258 e. The van der Waals surface area contributed by atoms with Gasteiger partial charge in [-0.3, -0.25) is 4.90 Å². The summed E-state index contributed by atoms with van der Waals surface area (Å²) in [6.45, 7) is 2.55. The van der Waals surface area contributed by atoms with Crippen molar-refractivity contribution in [1.82, 2.24) is 10.2 Å². The van der Waals surface area contributed by atoms with Gasteiger partial charge in [-0.05, 0) is 42.0 Å². The Morgan fingerprint density at radius 2 is 1.30 bits per heavy atom. The number of alkyl halides is 2. The minimum atomic E-state index is -2.51. The molecule has 1 heterocycles. The van der Waals surface area contributed by atoms with Crippen LogP contribution >= 0.6 is 0 Å².